The van der Waals surface area contributed by atoms with E-state index < -0.39 is 17.7 Å². The van der Waals surface area contributed by atoms with Crippen LogP contribution in [0.2, 0.25) is 0 Å². The Hall–Kier alpha value is -6.99. The lowest BCUT2D eigenvalue weighted by molar-refractivity contribution is 0.0991. The topological polar surface area (TPSA) is 237 Å². The number of aryl methyl sites for hydroxylation is 4. The standard InChI is InChI=1S/C42H49N15O4/c1-5-56-32(18-25(3)51-56)38-46-24-30-29-20-27(36(43)58)22-34(61-17-9-12-53-15-10-45-11-16-53)35(29)54(39(30)49-38)13-7-8-14-55-40-31(21-28(23-47-40)37(44)59)48-42(55)50-41(60)33-19-26(4)52-57(33)6-2/h7-8,18-24,45H,5-6,9-17H2,1-4H3,(H2,43,58)(H2,44,59)(H,48,50,60)/b8-7+. The Morgan fingerprint density at radius 1 is 0.820 bits per heavy atom. The number of aromatic nitrogens is 10. The number of benzene rings is 1. The maximum absolute atomic E-state index is 13.6. The van der Waals surface area contributed by atoms with E-state index in [0.717, 1.165) is 66.8 Å². The van der Waals surface area contributed by atoms with E-state index in [4.69, 9.17) is 26.2 Å². The number of pyridine rings is 1. The smallest absolute Gasteiger partial charge is 0.276 e. The Bertz CT molecular complexity index is 2820. The molecule has 6 N–H and O–H groups in total. The number of piperazine rings is 1. The molecule has 6 aromatic heterocycles. The molecule has 0 saturated carbocycles. The quantitative estimate of drug-likeness (QED) is 0.0810. The minimum absolute atomic E-state index is 0.191. The number of nitrogens with one attached hydrogen (secondary N) is 2. The van der Waals surface area contributed by atoms with Crippen LogP contribution < -0.4 is 26.8 Å². The Labute approximate surface area is 350 Å². The number of fused-ring (bicyclic) bond motifs is 4. The number of imidazole rings is 1. The second-order valence-electron chi connectivity index (χ2n) is 14.9. The Balaban J connectivity index is 1.17. The summed E-state index contributed by atoms with van der Waals surface area (Å²) in [6.07, 6.45) is 7.86. The highest BCUT2D eigenvalue weighted by Gasteiger charge is 2.23. The van der Waals surface area contributed by atoms with E-state index >= 15 is 0 Å². The van der Waals surface area contributed by atoms with Crippen molar-refractivity contribution < 1.29 is 19.1 Å². The first-order chi connectivity index (χ1) is 29.5. The van der Waals surface area contributed by atoms with Gasteiger partial charge < -0.3 is 31.0 Å². The van der Waals surface area contributed by atoms with Gasteiger partial charge in [0.25, 0.3) is 5.91 Å². The summed E-state index contributed by atoms with van der Waals surface area (Å²) in [5, 5.41) is 16.8. The number of carbonyl (C=O) groups is 3. The third-order valence-corrected chi connectivity index (χ3v) is 10.7. The molecule has 3 amide bonds. The first kappa shape index (κ1) is 40.8. The molecule has 61 heavy (non-hydrogen) atoms. The molecular formula is C42H49N15O4. The maximum atomic E-state index is 13.6. The zero-order chi connectivity index (χ0) is 42.8. The normalized spacial score (nSPS) is 13.6. The summed E-state index contributed by atoms with van der Waals surface area (Å²) < 4.78 is 13.8. The number of carbonyl (C=O) groups excluding carboxylic acids is 3. The molecule has 7 aromatic rings. The van der Waals surface area contributed by atoms with Gasteiger partial charge in [-0.3, -0.25) is 33.6 Å². The molecule has 8 rings (SSSR count). The fourth-order valence-corrected chi connectivity index (χ4v) is 7.80. The van der Waals surface area contributed by atoms with Gasteiger partial charge in [-0.25, -0.2) is 19.9 Å². The van der Waals surface area contributed by atoms with Crippen LogP contribution in [0.15, 0.2) is 54.9 Å². The molecule has 0 unspecified atom stereocenters. The van der Waals surface area contributed by atoms with E-state index in [1.807, 2.05) is 55.2 Å². The van der Waals surface area contributed by atoms with Gasteiger partial charge >= 0.3 is 0 Å². The van der Waals surface area contributed by atoms with Crippen molar-refractivity contribution in [3.63, 3.8) is 0 Å². The molecule has 0 spiro atoms. The lowest BCUT2D eigenvalue weighted by atomic mass is 10.1. The predicted molar refractivity (Wildman–Crippen MR) is 230 cm³/mol. The molecule has 1 fully saturated rings. The number of hydrogen-bond acceptors (Lipinski definition) is 12. The van der Waals surface area contributed by atoms with Gasteiger partial charge in [0, 0.05) is 87.6 Å². The third kappa shape index (κ3) is 8.29. The summed E-state index contributed by atoms with van der Waals surface area (Å²) in [6.45, 7) is 14.6. The van der Waals surface area contributed by atoms with Gasteiger partial charge in [0.15, 0.2) is 11.5 Å². The monoisotopic (exact) mass is 827 g/mol. The molecular weight excluding hydrogens is 779 g/mol. The van der Waals surface area contributed by atoms with Crippen molar-refractivity contribution in [3.05, 3.63) is 83.1 Å². The number of rotatable bonds is 16. The van der Waals surface area contributed by atoms with Crippen LogP contribution in [-0.2, 0) is 26.2 Å². The van der Waals surface area contributed by atoms with Crippen molar-refractivity contribution in [2.24, 2.45) is 11.5 Å². The van der Waals surface area contributed by atoms with Crippen molar-refractivity contribution in [2.45, 2.75) is 60.3 Å². The third-order valence-electron chi connectivity index (χ3n) is 10.7. The minimum Gasteiger partial charge on any atom is -0.491 e. The minimum atomic E-state index is -0.643. The van der Waals surface area contributed by atoms with Crippen LogP contribution >= 0.6 is 0 Å². The molecule has 1 saturated heterocycles. The summed E-state index contributed by atoms with van der Waals surface area (Å²) >= 11 is 0. The van der Waals surface area contributed by atoms with Gasteiger partial charge in [-0.1, -0.05) is 12.2 Å². The van der Waals surface area contributed by atoms with Gasteiger partial charge in [-0.05, 0) is 64.4 Å². The first-order valence-corrected chi connectivity index (χ1v) is 20.4. The number of anilines is 1. The van der Waals surface area contributed by atoms with E-state index in [1.165, 1.54) is 6.20 Å². The molecule has 19 heteroatoms. The largest absolute Gasteiger partial charge is 0.491 e. The zero-order valence-corrected chi connectivity index (χ0v) is 34.7. The van der Waals surface area contributed by atoms with Gasteiger partial charge in [0.2, 0.25) is 17.8 Å². The second-order valence-corrected chi connectivity index (χ2v) is 14.9. The van der Waals surface area contributed by atoms with Crippen LogP contribution in [0.1, 0.15) is 62.9 Å². The number of hydrogen-bond donors (Lipinski definition) is 4. The van der Waals surface area contributed by atoms with Crippen LogP contribution in [-0.4, -0.2) is 111 Å². The van der Waals surface area contributed by atoms with Crippen LogP contribution in [0, 0.1) is 13.8 Å². The van der Waals surface area contributed by atoms with E-state index in [-0.39, 0.29) is 18.1 Å². The molecule has 0 atom stereocenters. The second kappa shape index (κ2) is 17.3. The lowest BCUT2D eigenvalue weighted by Gasteiger charge is -2.27. The van der Waals surface area contributed by atoms with E-state index in [1.54, 1.807) is 39.7 Å². The lowest BCUT2D eigenvalue weighted by Crippen LogP contribution is -2.43. The summed E-state index contributed by atoms with van der Waals surface area (Å²) in [6, 6.07) is 8.68. The Morgan fingerprint density at radius 2 is 1.54 bits per heavy atom. The van der Waals surface area contributed by atoms with Crippen LogP contribution in [0.4, 0.5) is 5.95 Å². The van der Waals surface area contributed by atoms with Crippen LogP contribution in [0.25, 0.3) is 44.6 Å². The van der Waals surface area contributed by atoms with Gasteiger partial charge in [-0.2, -0.15) is 10.2 Å². The molecule has 1 aliphatic heterocycles. The molecule has 19 nitrogen and oxygen atoms in total. The molecule has 316 valence electrons. The van der Waals surface area contributed by atoms with Crippen molar-refractivity contribution >= 4 is 56.8 Å². The molecule has 0 radical (unpaired) electrons. The number of primary amides is 2. The fraction of sp³-hybridized carbons (Fsp3) is 0.357. The summed E-state index contributed by atoms with van der Waals surface area (Å²) in [5.41, 5.74) is 16.9. The Kier molecular flexibility index (Phi) is 11.6. The van der Waals surface area contributed by atoms with Crippen LogP contribution in [0.5, 0.6) is 5.75 Å². The molecule has 0 bridgehead atoms. The number of nitrogens with zero attached hydrogens (tertiary/aromatic N) is 11. The number of nitrogens with two attached hydrogens (primary N) is 2. The van der Waals surface area contributed by atoms with Crippen LogP contribution in [0.3, 0.4) is 0 Å². The van der Waals surface area contributed by atoms with Crippen molar-refractivity contribution in [3.8, 4) is 17.3 Å². The number of amides is 3. The van der Waals surface area contributed by atoms with E-state index in [2.05, 4.69) is 35.7 Å². The molecule has 0 aliphatic carbocycles. The van der Waals surface area contributed by atoms with E-state index in [9.17, 15) is 14.4 Å². The van der Waals surface area contributed by atoms with E-state index in [0.29, 0.717) is 71.6 Å². The highest BCUT2D eigenvalue weighted by atomic mass is 16.5. The fourth-order valence-electron chi connectivity index (χ4n) is 7.80. The Morgan fingerprint density at radius 3 is 2.28 bits per heavy atom. The SMILES string of the molecule is CCn1nc(C)cc1C(=O)Nc1nc2cc(C(N)=O)cnc2n1C/C=C/Cn1c2nc(-c3cc(C)nn3CC)ncc2c2cc(C(N)=O)cc(OCCCN3CCNCC3)c21. The molecule has 1 aromatic carbocycles. The summed E-state index contributed by atoms with van der Waals surface area (Å²) in [5.74, 6) is -0.370. The van der Waals surface area contributed by atoms with Gasteiger partial charge in [0.1, 0.15) is 28.3 Å². The highest BCUT2D eigenvalue weighted by molar-refractivity contribution is 6.12. The zero-order valence-electron chi connectivity index (χ0n) is 34.7. The maximum Gasteiger partial charge on any atom is 0.276 e. The first-order valence-electron chi connectivity index (χ1n) is 20.4. The molecule has 7 heterocycles. The van der Waals surface area contributed by atoms with Crippen molar-refractivity contribution in [2.75, 3.05) is 44.6 Å². The summed E-state index contributed by atoms with van der Waals surface area (Å²) in [7, 11) is 0. The van der Waals surface area contributed by atoms with Crippen molar-refractivity contribution in [1.29, 1.82) is 0 Å². The van der Waals surface area contributed by atoms with Crippen molar-refractivity contribution in [1.82, 2.24) is 58.8 Å². The van der Waals surface area contributed by atoms with Gasteiger partial charge in [-0.15, -0.1) is 0 Å². The highest BCUT2D eigenvalue weighted by Crippen LogP contribution is 2.36. The number of ether oxygens (including phenoxy) is 1. The number of allylic oxidation sites excluding steroid dienone is 2. The average Bonchev–Trinajstić information content (AvgIpc) is 4.01. The molecule has 1 aliphatic rings. The average molecular weight is 828 g/mol. The predicted octanol–water partition coefficient (Wildman–Crippen LogP) is 3.43. The summed E-state index contributed by atoms with van der Waals surface area (Å²) in [4.78, 5) is 59.8. The van der Waals surface area contributed by atoms with Gasteiger partial charge in [0.05, 0.1) is 29.1 Å².